The van der Waals surface area contributed by atoms with Gasteiger partial charge in [0.1, 0.15) is 18.2 Å². The molecule has 1 N–H and O–H groups in total. The third-order valence-electron chi connectivity index (χ3n) is 3.55. The van der Waals surface area contributed by atoms with E-state index in [2.05, 4.69) is 10.4 Å². The Morgan fingerprint density at radius 2 is 2.00 bits per heavy atom. The number of nitrogens with one attached hydrogen (secondary N) is 1. The van der Waals surface area contributed by atoms with Crippen molar-refractivity contribution in [1.82, 2.24) is 9.78 Å². The van der Waals surface area contributed by atoms with Crippen LogP contribution in [0, 0.1) is 13.8 Å². The molecule has 0 aliphatic heterocycles. The summed E-state index contributed by atoms with van der Waals surface area (Å²) in [6, 6.07) is 11.6. The largest absolute Gasteiger partial charge is 0.489 e. The van der Waals surface area contributed by atoms with Crippen LogP contribution in [-0.4, -0.2) is 15.7 Å². The predicted molar refractivity (Wildman–Crippen MR) is 95.7 cm³/mol. The average Bonchev–Trinajstić information content (AvgIpc) is 3.14. The minimum Gasteiger partial charge on any atom is -0.489 e. The van der Waals surface area contributed by atoms with Gasteiger partial charge >= 0.3 is 0 Å². The normalized spacial score (nSPS) is 10.6. The zero-order chi connectivity index (χ0) is 17.1. The van der Waals surface area contributed by atoms with Crippen LogP contribution in [0.3, 0.4) is 0 Å². The number of aryl methyl sites for hydroxylation is 3. The number of benzene rings is 1. The first-order valence-electron chi connectivity index (χ1n) is 7.60. The molecule has 0 aliphatic rings. The number of thiophene rings is 1. The van der Waals surface area contributed by atoms with Gasteiger partial charge < -0.3 is 10.1 Å². The van der Waals surface area contributed by atoms with Crippen LogP contribution in [0.1, 0.15) is 26.5 Å². The molecule has 0 radical (unpaired) electrons. The Labute approximate surface area is 144 Å². The van der Waals surface area contributed by atoms with E-state index in [0.29, 0.717) is 17.3 Å². The van der Waals surface area contributed by atoms with Crippen molar-refractivity contribution in [3.63, 3.8) is 0 Å². The Morgan fingerprint density at radius 1 is 1.25 bits per heavy atom. The van der Waals surface area contributed by atoms with Crippen LogP contribution in [0.4, 0.5) is 5.82 Å². The van der Waals surface area contributed by atoms with Crippen LogP contribution in [0.5, 0.6) is 5.75 Å². The van der Waals surface area contributed by atoms with E-state index in [1.807, 2.05) is 55.6 Å². The molecule has 0 bridgehead atoms. The Kier molecular flexibility index (Phi) is 4.66. The molecule has 0 spiro atoms. The summed E-state index contributed by atoms with van der Waals surface area (Å²) in [5, 5.41) is 9.03. The van der Waals surface area contributed by atoms with Crippen LogP contribution in [0.2, 0.25) is 0 Å². The van der Waals surface area contributed by atoms with E-state index in [1.165, 1.54) is 16.9 Å². The maximum Gasteiger partial charge on any atom is 0.266 e. The maximum absolute atomic E-state index is 12.3. The molecule has 5 nitrogen and oxygen atoms in total. The molecule has 3 rings (SSSR count). The molecule has 0 fully saturated rings. The van der Waals surface area contributed by atoms with Crippen LogP contribution in [0.15, 0.2) is 41.8 Å². The Balaban J connectivity index is 1.61. The van der Waals surface area contributed by atoms with E-state index >= 15 is 0 Å². The highest BCUT2D eigenvalue weighted by molar-refractivity contribution is 7.12. The molecular weight excluding hydrogens is 322 g/mol. The number of ether oxygens (including phenoxy) is 1. The Morgan fingerprint density at radius 3 is 2.67 bits per heavy atom. The molecule has 0 atom stereocenters. The molecule has 0 saturated heterocycles. The van der Waals surface area contributed by atoms with Crippen molar-refractivity contribution in [1.29, 1.82) is 0 Å². The van der Waals surface area contributed by atoms with Crippen LogP contribution < -0.4 is 10.1 Å². The smallest absolute Gasteiger partial charge is 0.266 e. The van der Waals surface area contributed by atoms with Gasteiger partial charge in [0.05, 0.1) is 10.6 Å². The molecule has 0 saturated carbocycles. The molecule has 0 aliphatic carbocycles. The molecule has 6 heteroatoms. The highest BCUT2D eigenvalue weighted by atomic mass is 32.1. The predicted octanol–water partition coefficient (Wildman–Crippen LogP) is 3.93. The first-order chi connectivity index (χ1) is 11.5. The lowest BCUT2D eigenvalue weighted by molar-refractivity contribution is 0.102. The molecule has 24 heavy (non-hydrogen) atoms. The van der Waals surface area contributed by atoms with Crippen LogP contribution >= 0.6 is 11.3 Å². The summed E-state index contributed by atoms with van der Waals surface area (Å²) < 4.78 is 7.40. The maximum atomic E-state index is 12.3. The fraction of sp³-hybridized carbons (Fsp3) is 0.222. The van der Waals surface area contributed by atoms with E-state index < -0.39 is 0 Å². The summed E-state index contributed by atoms with van der Waals surface area (Å²) in [4.78, 5) is 13.0. The summed E-state index contributed by atoms with van der Waals surface area (Å²) in [5.41, 5.74) is 3.04. The highest BCUT2D eigenvalue weighted by Gasteiger charge is 2.12. The summed E-state index contributed by atoms with van der Waals surface area (Å²) in [6.07, 6.45) is 0. The van der Waals surface area contributed by atoms with Gasteiger partial charge in [-0.1, -0.05) is 17.7 Å². The molecule has 2 heterocycles. The molecule has 124 valence electrons. The van der Waals surface area contributed by atoms with E-state index in [9.17, 15) is 4.79 Å². The monoisotopic (exact) mass is 341 g/mol. The van der Waals surface area contributed by atoms with Crippen molar-refractivity contribution in [3.8, 4) is 5.75 Å². The van der Waals surface area contributed by atoms with Crippen molar-refractivity contribution in [2.24, 2.45) is 7.05 Å². The van der Waals surface area contributed by atoms with Crippen LogP contribution in [-0.2, 0) is 13.7 Å². The number of carbonyl (C=O) groups excluding carboxylic acids is 1. The van der Waals surface area contributed by atoms with Gasteiger partial charge in [0.25, 0.3) is 5.91 Å². The van der Waals surface area contributed by atoms with E-state index in [-0.39, 0.29) is 5.91 Å². The minimum absolute atomic E-state index is 0.135. The molecule has 1 aromatic carbocycles. The van der Waals surface area contributed by atoms with Gasteiger partial charge in [-0.05, 0) is 37.4 Å². The third kappa shape index (κ3) is 3.83. The third-order valence-corrected chi connectivity index (χ3v) is 4.53. The number of carbonyl (C=O) groups is 1. The summed E-state index contributed by atoms with van der Waals surface area (Å²) in [5.74, 6) is 1.37. The lowest BCUT2D eigenvalue weighted by Crippen LogP contribution is -2.13. The number of rotatable bonds is 5. The number of nitrogens with zero attached hydrogens (tertiary/aromatic N) is 2. The van der Waals surface area contributed by atoms with Gasteiger partial charge in [-0.3, -0.25) is 9.48 Å². The van der Waals surface area contributed by atoms with Crippen molar-refractivity contribution >= 4 is 23.1 Å². The van der Waals surface area contributed by atoms with Gasteiger partial charge in [0.2, 0.25) is 0 Å². The molecule has 0 unspecified atom stereocenters. The first kappa shape index (κ1) is 16.3. The Hall–Kier alpha value is -2.60. The van der Waals surface area contributed by atoms with E-state index in [4.69, 9.17) is 4.74 Å². The second-order valence-electron chi connectivity index (χ2n) is 5.67. The molecule has 3 aromatic rings. The SMILES string of the molecule is Cc1ccc(OCc2csc(C(=O)Nc3cc(C)nn3C)c2)cc1. The lowest BCUT2D eigenvalue weighted by Gasteiger charge is -2.05. The number of hydrogen-bond donors (Lipinski definition) is 1. The average molecular weight is 341 g/mol. The lowest BCUT2D eigenvalue weighted by atomic mass is 10.2. The van der Waals surface area contributed by atoms with Gasteiger partial charge in [-0.2, -0.15) is 5.10 Å². The molecule has 1 amide bonds. The quantitative estimate of drug-likeness (QED) is 0.765. The number of amides is 1. The number of anilines is 1. The van der Waals surface area contributed by atoms with Crippen molar-refractivity contribution in [2.75, 3.05) is 5.32 Å². The van der Waals surface area contributed by atoms with Gasteiger partial charge in [-0.25, -0.2) is 0 Å². The fourth-order valence-electron chi connectivity index (χ4n) is 2.28. The summed E-state index contributed by atoms with van der Waals surface area (Å²) in [7, 11) is 1.80. The highest BCUT2D eigenvalue weighted by Crippen LogP contribution is 2.20. The fourth-order valence-corrected chi connectivity index (χ4v) is 3.07. The first-order valence-corrected chi connectivity index (χ1v) is 8.48. The molecule has 2 aromatic heterocycles. The van der Waals surface area contributed by atoms with Crippen LogP contribution in [0.25, 0.3) is 0 Å². The second-order valence-corrected chi connectivity index (χ2v) is 6.58. The minimum atomic E-state index is -0.135. The zero-order valence-electron chi connectivity index (χ0n) is 13.9. The van der Waals surface area contributed by atoms with Crippen molar-refractivity contribution < 1.29 is 9.53 Å². The summed E-state index contributed by atoms with van der Waals surface area (Å²) >= 11 is 1.41. The number of hydrogen-bond acceptors (Lipinski definition) is 4. The van der Waals surface area contributed by atoms with E-state index in [1.54, 1.807) is 11.7 Å². The van der Waals surface area contributed by atoms with Gasteiger partial charge in [0.15, 0.2) is 0 Å². The second kappa shape index (κ2) is 6.88. The molecular formula is C18H19N3O2S. The van der Waals surface area contributed by atoms with E-state index in [0.717, 1.165) is 17.0 Å². The zero-order valence-corrected chi connectivity index (χ0v) is 14.7. The topological polar surface area (TPSA) is 56.1 Å². The van der Waals surface area contributed by atoms with Gasteiger partial charge in [-0.15, -0.1) is 11.3 Å². The standard InChI is InChI=1S/C18H19N3O2S/c1-12-4-6-15(7-5-12)23-10-14-9-16(24-11-14)18(22)19-17-8-13(2)20-21(17)3/h4-9,11H,10H2,1-3H3,(H,19,22). The summed E-state index contributed by atoms with van der Waals surface area (Å²) in [6.45, 7) is 4.37. The van der Waals surface area contributed by atoms with Gasteiger partial charge in [0, 0.05) is 18.7 Å². The van der Waals surface area contributed by atoms with Crippen molar-refractivity contribution in [3.05, 3.63) is 63.5 Å². The number of aromatic nitrogens is 2. The van der Waals surface area contributed by atoms with Crippen molar-refractivity contribution in [2.45, 2.75) is 20.5 Å². The Bertz CT molecular complexity index is 850.